The van der Waals surface area contributed by atoms with Crippen LogP contribution in [0.5, 0.6) is 17.2 Å². The number of carbonyl (C=O) groups excluding carboxylic acids is 1. The normalized spacial score (nSPS) is 16.6. The van der Waals surface area contributed by atoms with Crippen LogP contribution in [0.1, 0.15) is 21.4 Å². The van der Waals surface area contributed by atoms with Crippen molar-refractivity contribution in [3.8, 4) is 17.2 Å². The van der Waals surface area contributed by atoms with Crippen LogP contribution in [0.4, 0.5) is 0 Å². The van der Waals surface area contributed by atoms with Crippen molar-refractivity contribution in [3.63, 3.8) is 0 Å². The lowest BCUT2D eigenvalue weighted by molar-refractivity contribution is 0.0752. The molecule has 1 amide bonds. The first-order chi connectivity index (χ1) is 12.2. The fourth-order valence-electron chi connectivity index (χ4n) is 2.74. The number of rotatable bonds is 5. The summed E-state index contributed by atoms with van der Waals surface area (Å²) in [4.78, 5) is 22.7. The van der Waals surface area contributed by atoms with Gasteiger partial charge in [-0.1, -0.05) is 0 Å². The molecule has 7 nitrogen and oxygen atoms in total. The standard InChI is InChI=1S/C17H19N3O4S/c1-22-13-9-15(24-3)14(23-2)8-11(13)17-20(6-7-25-17)16(21)12-10-18-4-5-19-12/h4-5,8-10,17H,6-7H2,1-3H3. The van der Waals surface area contributed by atoms with Gasteiger partial charge in [0, 0.05) is 36.3 Å². The Hall–Kier alpha value is -2.48. The molecule has 8 heteroatoms. The number of hydrogen-bond acceptors (Lipinski definition) is 7. The Morgan fingerprint density at radius 2 is 1.84 bits per heavy atom. The smallest absolute Gasteiger partial charge is 0.275 e. The molecule has 0 spiro atoms. The highest BCUT2D eigenvalue weighted by molar-refractivity contribution is 7.99. The van der Waals surface area contributed by atoms with Crippen LogP contribution in [0.3, 0.4) is 0 Å². The zero-order valence-corrected chi connectivity index (χ0v) is 15.1. The third-order valence-corrected chi connectivity index (χ3v) is 5.18. The first-order valence-electron chi connectivity index (χ1n) is 7.68. The summed E-state index contributed by atoms with van der Waals surface area (Å²) >= 11 is 1.67. The van der Waals surface area contributed by atoms with Crippen LogP contribution in [0.15, 0.2) is 30.7 Å². The van der Waals surface area contributed by atoms with Gasteiger partial charge in [-0.2, -0.15) is 0 Å². The third kappa shape index (κ3) is 3.34. The molecule has 25 heavy (non-hydrogen) atoms. The minimum absolute atomic E-state index is 0.153. The van der Waals surface area contributed by atoms with Crippen LogP contribution in [0.2, 0.25) is 0 Å². The second-order valence-corrected chi connectivity index (χ2v) is 6.45. The molecule has 1 saturated heterocycles. The van der Waals surface area contributed by atoms with Crippen LogP contribution in [-0.2, 0) is 0 Å². The molecule has 132 valence electrons. The van der Waals surface area contributed by atoms with Crippen LogP contribution in [0.25, 0.3) is 0 Å². The zero-order chi connectivity index (χ0) is 17.8. The highest BCUT2D eigenvalue weighted by Crippen LogP contribution is 2.46. The molecule has 1 aromatic carbocycles. The van der Waals surface area contributed by atoms with Crippen molar-refractivity contribution >= 4 is 17.7 Å². The largest absolute Gasteiger partial charge is 0.496 e. The van der Waals surface area contributed by atoms with Crippen molar-refractivity contribution in [2.75, 3.05) is 33.6 Å². The van der Waals surface area contributed by atoms with Crippen molar-refractivity contribution in [1.29, 1.82) is 0 Å². The molecule has 1 aliphatic rings. The Bertz CT molecular complexity index is 757. The molecule has 1 aromatic heterocycles. The van der Waals surface area contributed by atoms with Crippen molar-refractivity contribution in [2.45, 2.75) is 5.37 Å². The molecule has 0 bridgehead atoms. The molecular weight excluding hydrogens is 342 g/mol. The van der Waals surface area contributed by atoms with Gasteiger partial charge in [-0.05, 0) is 6.07 Å². The van der Waals surface area contributed by atoms with E-state index in [2.05, 4.69) is 9.97 Å². The lowest BCUT2D eigenvalue weighted by atomic mass is 10.1. The first-order valence-corrected chi connectivity index (χ1v) is 8.73. The topological polar surface area (TPSA) is 73.8 Å². The van der Waals surface area contributed by atoms with E-state index >= 15 is 0 Å². The van der Waals surface area contributed by atoms with Gasteiger partial charge >= 0.3 is 0 Å². The number of hydrogen-bond donors (Lipinski definition) is 0. The molecular formula is C17H19N3O4S. The van der Waals surface area contributed by atoms with Crippen LogP contribution >= 0.6 is 11.8 Å². The van der Waals surface area contributed by atoms with E-state index in [1.54, 1.807) is 50.3 Å². The number of amides is 1. The van der Waals surface area contributed by atoms with Crippen LogP contribution in [-0.4, -0.2) is 54.4 Å². The lowest BCUT2D eigenvalue weighted by Crippen LogP contribution is -2.31. The maximum Gasteiger partial charge on any atom is 0.275 e. The van der Waals surface area contributed by atoms with Gasteiger partial charge in [0.1, 0.15) is 16.8 Å². The molecule has 0 aliphatic carbocycles. The molecule has 1 aliphatic heterocycles. The Morgan fingerprint density at radius 1 is 1.12 bits per heavy atom. The number of methoxy groups -OCH3 is 3. The fraction of sp³-hybridized carbons (Fsp3) is 0.353. The minimum Gasteiger partial charge on any atom is -0.496 e. The summed E-state index contributed by atoms with van der Waals surface area (Å²) in [7, 11) is 4.75. The van der Waals surface area contributed by atoms with Crippen molar-refractivity contribution < 1.29 is 19.0 Å². The summed E-state index contributed by atoms with van der Waals surface area (Å²) in [6.07, 6.45) is 4.54. The Balaban J connectivity index is 1.98. The van der Waals surface area contributed by atoms with Gasteiger partial charge in [-0.25, -0.2) is 4.98 Å². The summed E-state index contributed by atoms with van der Waals surface area (Å²) in [6.45, 7) is 0.627. The van der Waals surface area contributed by atoms with E-state index < -0.39 is 0 Å². The van der Waals surface area contributed by atoms with Gasteiger partial charge in [0.2, 0.25) is 0 Å². The lowest BCUT2D eigenvalue weighted by Gasteiger charge is -2.26. The SMILES string of the molecule is COc1cc(OC)c(C2SCCN2C(=O)c2cnccn2)cc1OC. The van der Waals surface area contributed by atoms with Crippen molar-refractivity contribution in [2.24, 2.45) is 0 Å². The Labute approximate surface area is 150 Å². The maximum absolute atomic E-state index is 12.8. The van der Waals surface area contributed by atoms with E-state index in [1.807, 2.05) is 6.07 Å². The average molecular weight is 361 g/mol. The van der Waals surface area contributed by atoms with Gasteiger partial charge < -0.3 is 19.1 Å². The number of aromatic nitrogens is 2. The first kappa shape index (κ1) is 17.3. The quantitative estimate of drug-likeness (QED) is 0.809. The fourth-order valence-corrected chi connectivity index (χ4v) is 4.01. The second-order valence-electron chi connectivity index (χ2n) is 5.26. The van der Waals surface area contributed by atoms with E-state index in [9.17, 15) is 4.79 Å². The minimum atomic E-state index is -0.190. The maximum atomic E-state index is 12.8. The molecule has 2 aromatic rings. The molecule has 1 fully saturated rings. The molecule has 2 heterocycles. The summed E-state index contributed by atoms with van der Waals surface area (Å²) in [5.41, 5.74) is 1.19. The van der Waals surface area contributed by atoms with Gasteiger partial charge in [0.05, 0.1) is 27.5 Å². The average Bonchev–Trinajstić information content (AvgIpc) is 3.16. The summed E-state index contributed by atoms with van der Waals surface area (Å²) in [5, 5.41) is -0.190. The van der Waals surface area contributed by atoms with Crippen LogP contribution < -0.4 is 14.2 Å². The predicted octanol–water partition coefficient (Wildman–Crippen LogP) is 2.39. The number of ether oxygens (including phenoxy) is 3. The van der Waals surface area contributed by atoms with E-state index in [4.69, 9.17) is 14.2 Å². The highest BCUT2D eigenvalue weighted by Gasteiger charge is 2.34. The van der Waals surface area contributed by atoms with Crippen LogP contribution in [0, 0.1) is 0 Å². The van der Waals surface area contributed by atoms with E-state index in [0.29, 0.717) is 29.5 Å². The second kappa shape index (κ2) is 7.60. The van der Waals surface area contributed by atoms with Gasteiger partial charge in [-0.15, -0.1) is 11.8 Å². The highest BCUT2D eigenvalue weighted by atomic mass is 32.2. The number of carbonyl (C=O) groups is 1. The van der Waals surface area contributed by atoms with Gasteiger partial charge in [-0.3, -0.25) is 9.78 Å². The summed E-state index contributed by atoms with van der Waals surface area (Å²) in [6, 6.07) is 3.63. The van der Waals surface area contributed by atoms with Crippen molar-refractivity contribution in [3.05, 3.63) is 42.0 Å². The van der Waals surface area contributed by atoms with Gasteiger partial charge in [0.25, 0.3) is 5.91 Å². The molecule has 3 rings (SSSR count). The Morgan fingerprint density at radius 3 is 2.48 bits per heavy atom. The van der Waals surface area contributed by atoms with Crippen molar-refractivity contribution in [1.82, 2.24) is 14.9 Å². The molecule has 1 atom stereocenters. The predicted molar refractivity (Wildman–Crippen MR) is 94.4 cm³/mol. The van der Waals surface area contributed by atoms with E-state index in [-0.39, 0.29) is 11.3 Å². The number of nitrogens with zero attached hydrogens (tertiary/aromatic N) is 3. The third-order valence-electron chi connectivity index (χ3n) is 3.94. The number of benzene rings is 1. The monoisotopic (exact) mass is 361 g/mol. The molecule has 0 radical (unpaired) electrons. The summed E-state index contributed by atoms with van der Waals surface area (Å²) < 4.78 is 16.2. The molecule has 0 N–H and O–H groups in total. The summed E-state index contributed by atoms with van der Waals surface area (Å²) in [5.74, 6) is 2.50. The Kier molecular flexibility index (Phi) is 5.28. The van der Waals surface area contributed by atoms with E-state index in [0.717, 1.165) is 11.3 Å². The molecule has 0 saturated carbocycles. The number of thioether (sulfide) groups is 1. The zero-order valence-electron chi connectivity index (χ0n) is 14.3. The van der Waals surface area contributed by atoms with E-state index in [1.165, 1.54) is 12.4 Å². The molecule has 1 unspecified atom stereocenters. The van der Waals surface area contributed by atoms with Gasteiger partial charge in [0.15, 0.2) is 11.5 Å².